The Morgan fingerprint density at radius 3 is 2.80 bits per heavy atom. The zero-order valence-electron chi connectivity index (χ0n) is 10.3. The highest BCUT2D eigenvalue weighted by atomic mass is 15.1. The molecule has 0 aliphatic heterocycles. The van der Waals surface area contributed by atoms with E-state index < -0.39 is 0 Å². The molecule has 0 aromatic rings. The summed E-state index contributed by atoms with van der Waals surface area (Å²) in [6, 6.07) is 0.374. The summed E-state index contributed by atoms with van der Waals surface area (Å²) in [5.41, 5.74) is 5.77. The minimum absolute atomic E-state index is 0.374. The van der Waals surface area contributed by atoms with E-state index in [4.69, 9.17) is 5.73 Å². The molecule has 0 heterocycles. The van der Waals surface area contributed by atoms with Crippen LogP contribution < -0.4 is 11.1 Å². The first-order valence-electron chi connectivity index (χ1n) is 6.14. The second-order valence-corrected chi connectivity index (χ2v) is 5.16. The largest absolute Gasteiger partial charge is 0.370 e. The van der Waals surface area contributed by atoms with Gasteiger partial charge in [0.2, 0.25) is 0 Å². The number of guanidine groups is 1. The van der Waals surface area contributed by atoms with Gasteiger partial charge in [0.1, 0.15) is 0 Å². The molecule has 0 saturated heterocycles. The van der Waals surface area contributed by atoms with E-state index >= 15 is 0 Å². The van der Waals surface area contributed by atoms with Gasteiger partial charge in [-0.3, -0.25) is 4.99 Å². The second kappa shape index (κ2) is 5.99. The molecule has 0 aromatic heterocycles. The molecule has 0 amide bonds. The first-order chi connectivity index (χ1) is 7.08. The topological polar surface area (TPSA) is 50.4 Å². The summed E-state index contributed by atoms with van der Waals surface area (Å²) in [7, 11) is 0. The zero-order chi connectivity index (χ0) is 11.3. The van der Waals surface area contributed by atoms with Gasteiger partial charge < -0.3 is 11.1 Å². The van der Waals surface area contributed by atoms with E-state index in [2.05, 4.69) is 31.1 Å². The average Bonchev–Trinajstić information content (AvgIpc) is 2.14. The molecule has 1 saturated carbocycles. The van der Waals surface area contributed by atoms with E-state index in [0.717, 1.165) is 18.4 Å². The van der Waals surface area contributed by atoms with Crippen molar-refractivity contribution in [1.82, 2.24) is 5.32 Å². The van der Waals surface area contributed by atoms with E-state index in [1.54, 1.807) is 0 Å². The van der Waals surface area contributed by atoms with Gasteiger partial charge in [-0.25, -0.2) is 0 Å². The highest BCUT2D eigenvalue weighted by Gasteiger charge is 2.18. The van der Waals surface area contributed by atoms with Gasteiger partial charge in [-0.15, -0.1) is 0 Å². The number of aliphatic imine (C=N–C) groups is 1. The van der Waals surface area contributed by atoms with Gasteiger partial charge in [-0.05, 0) is 38.5 Å². The molecule has 0 aromatic carbocycles. The Kier molecular flexibility index (Phi) is 4.92. The van der Waals surface area contributed by atoms with Crippen molar-refractivity contribution in [3.8, 4) is 0 Å². The molecule has 3 N–H and O–H groups in total. The number of nitrogens with zero attached hydrogens (tertiary/aromatic N) is 1. The molecular weight excluding hydrogens is 186 g/mol. The van der Waals surface area contributed by atoms with Crippen molar-refractivity contribution in [1.29, 1.82) is 0 Å². The predicted octanol–water partition coefficient (Wildman–Crippen LogP) is 2.13. The number of nitrogens with two attached hydrogens (primary N) is 1. The quantitative estimate of drug-likeness (QED) is 0.555. The minimum Gasteiger partial charge on any atom is -0.370 e. The molecule has 1 aliphatic rings. The lowest BCUT2D eigenvalue weighted by atomic mass is 9.82. The molecule has 1 fully saturated rings. The lowest BCUT2D eigenvalue weighted by Crippen LogP contribution is -2.37. The standard InChI is InChI=1S/C12H25N3/c1-9(2)15-12(13)14-8-11-6-4-5-10(3)7-11/h9-11H,4-8H2,1-3H3,(H3,13,14,15). The number of hydrogen-bond donors (Lipinski definition) is 2. The normalized spacial score (nSPS) is 28.1. The summed E-state index contributed by atoms with van der Waals surface area (Å²) < 4.78 is 0. The van der Waals surface area contributed by atoms with Crippen molar-refractivity contribution in [2.45, 2.75) is 52.5 Å². The van der Waals surface area contributed by atoms with E-state index in [1.165, 1.54) is 25.7 Å². The van der Waals surface area contributed by atoms with Crippen LogP contribution >= 0.6 is 0 Å². The Morgan fingerprint density at radius 2 is 2.20 bits per heavy atom. The van der Waals surface area contributed by atoms with Crippen molar-refractivity contribution < 1.29 is 0 Å². The van der Waals surface area contributed by atoms with Gasteiger partial charge in [-0.1, -0.05) is 19.8 Å². The van der Waals surface area contributed by atoms with Crippen LogP contribution in [-0.4, -0.2) is 18.5 Å². The Morgan fingerprint density at radius 1 is 1.47 bits per heavy atom. The van der Waals surface area contributed by atoms with Crippen molar-refractivity contribution in [2.24, 2.45) is 22.6 Å². The first-order valence-corrected chi connectivity index (χ1v) is 6.14. The van der Waals surface area contributed by atoms with Crippen molar-refractivity contribution in [3.05, 3.63) is 0 Å². The summed E-state index contributed by atoms with van der Waals surface area (Å²) in [6.45, 7) is 7.39. The molecule has 0 radical (unpaired) electrons. The summed E-state index contributed by atoms with van der Waals surface area (Å²) in [4.78, 5) is 4.41. The van der Waals surface area contributed by atoms with Crippen molar-refractivity contribution in [2.75, 3.05) is 6.54 Å². The molecule has 0 spiro atoms. The van der Waals surface area contributed by atoms with Crippen molar-refractivity contribution >= 4 is 5.96 Å². The van der Waals surface area contributed by atoms with Crippen LogP contribution in [0.1, 0.15) is 46.5 Å². The highest BCUT2D eigenvalue weighted by Crippen LogP contribution is 2.28. The third-order valence-corrected chi connectivity index (χ3v) is 3.00. The van der Waals surface area contributed by atoms with Crippen molar-refractivity contribution in [3.63, 3.8) is 0 Å². The fourth-order valence-corrected chi connectivity index (χ4v) is 2.29. The maximum Gasteiger partial charge on any atom is 0.188 e. The Labute approximate surface area is 93.5 Å². The maximum absolute atomic E-state index is 5.77. The zero-order valence-corrected chi connectivity index (χ0v) is 10.3. The molecule has 2 unspecified atom stereocenters. The second-order valence-electron chi connectivity index (χ2n) is 5.16. The predicted molar refractivity (Wildman–Crippen MR) is 65.9 cm³/mol. The lowest BCUT2D eigenvalue weighted by Gasteiger charge is -2.25. The fourth-order valence-electron chi connectivity index (χ4n) is 2.29. The monoisotopic (exact) mass is 211 g/mol. The van der Waals surface area contributed by atoms with Gasteiger partial charge in [0.25, 0.3) is 0 Å². The minimum atomic E-state index is 0.374. The molecular formula is C12H25N3. The Hall–Kier alpha value is -0.730. The summed E-state index contributed by atoms with van der Waals surface area (Å²) in [5.74, 6) is 2.22. The SMILES string of the molecule is CC1CCCC(CN=C(N)NC(C)C)C1. The molecule has 0 bridgehead atoms. The highest BCUT2D eigenvalue weighted by molar-refractivity contribution is 5.78. The summed E-state index contributed by atoms with van der Waals surface area (Å²) in [6.07, 6.45) is 5.39. The molecule has 1 aliphatic carbocycles. The van der Waals surface area contributed by atoms with E-state index in [-0.39, 0.29) is 0 Å². The van der Waals surface area contributed by atoms with Crippen LogP contribution in [0.2, 0.25) is 0 Å². The maximum atomic E-state index is 5.77. The van der Waals surface area contributed by atoms with Crippen LogP contribution in [0, 0.1) is 11.8 Å². The number of rotatable bonds is 3. The van der Waals surface area contributed by atoms with Crippen LogP contribution in [0.15, 0.2) is 4.99 Å². The third-order valence-electron chi connectivity index (χ3n) is 3.00. The molecule has 2 atom stereocenters. The van der Waals surface area contributed by atoms with E-state index in [1.807, 2.05) is 0 Å². The summed E-state index contributed by atoms with van der Waals surface area (Å²) in [5, 5.41) is 3.12. The molecule has 88 valence electrons. The van der Waals surface area contributed by atoms with Crippen LogP contribution in [0.4, 0.5) is 0 Å². The smallest absolute Gasteiger partial charge is 0.188 e. The van der Waals surface area contributed by atoms with Crippen LogP contribution in [0.5, 0.6) is 0 Å². The van der Waals surface area contributed by atoms with Gasteiger partial charge >= 0.3 is 0 Å². The lowest BCUT2D eigenvalue weighted by molar-refractivity contribution is 0.289. The fraction of sp³-hybridized carbons (Fsp3) is 0.917. The van der Waals surface area contributed by atoms with Crippen LogP contribution in [0.3, 0.4) is 0 Å². The Bertz CT molecular complexity index is 211. The van der Waals surface area contributed by atoms with Crippen LogP contribution in [0.25, 0.3) is 0 Å². The van der Waals surface area contributed by atoms with Gasteiger partial charge in [0, 0.05) is 12.6 Å². The molecule has 3 heteroatoms. The van der Waals surface area contributed by atoms with E-state index in [0.29, 0.717) is 12.0 Å². The first kappa shape index (κ1) is 12.3. The molecule has 3 nitrogen and oxygen atoms in total. The molecule has 15 heavy (non-hydrogen) atoms. The third kappa shape index (κ3) is 5.05. The van der Waals surface area contributed by atoms with Gasteiger partial charge in [0.05, 0.1) is 0 Å². The number of nitrogens with one attached hydrogen (secondary N) is 1. The summed E-state index contributed by atoms with van der Waals surface area (Å²) >= 11 is 0. The van der Waals surface area contributed by atoms with Gasteiger partial charge in [-0.2, -0.15) is 0 Å². The number of hydrogen-bond acceptors (Lipinski definition) is 1. The molecule has 1 rings (SSSR count). The van der Waals surface area contributed by atoms with E-state index in [9.17, 15) is 0 Å². The Balaban J connectivity index is 2.28. The van der Waals surface area contributed by atoms with Crippen LogP contribution in [-0.2, 0) is 0 Å². The van der Waals surface area contributed by atoms with Gasteiger partial charge in [0.15, 0.2) is 5.96 Å². The average molecular weight is 211 g/mol.